The van der Waals surface area contributed by atoms with Crippen molar-refractivity contribution in [3.05, 3.63) is 83.4 Å². The van der Waals surface area contributed by atoms with Crippen LogP contribution in [-0.4, -0.2) is 42.8 Å². The third-order valence-electron chi connectivity index (χ3n) is 6.28. The van der Waals surface area contributed by atoms with Crippen LogP contribution in [0.25, 0.3) is 12.2 Å². The van der Waals surface area contributed by atoms with Crippen LogP contribution in [0.3, 0.4) is 0 Å². The molecule has 8 nitrogen and oxygen atoms in total. The van der Waals surface area contributed by atoms with Gasteiger partial charge in [-0.25, -0.2) is 4.79 Å². The molecule has 0 heterocycles. The molecule has 0 radical (unpaired) electrons. The normalized spacial score (nSPS) is 12.2. The fourth-order valence-electron chi connectivity index (χ4n) is 3.98. The Kier molecular flexibility index (Phi) is 10.8. The van der Waals surface area contributed by atoms with E-state index in [4.69, 9.17) is 18.9 Å². The highest BCUT2D eigenvalue weighted by Gasteiger charge is 2.33. The monoisotopic (exact) mass is 561 g/mol. The lowest BCUT2D eigenvalue weighted by atomic mass is 10.0. The van der Waals surface area contributed by atoms with Gasteiger partial charge in [0.1, 0.15) is 35.6 Å². The van der Waals surface area contributed by atoms with Gasteiger partial charge in [-0.15, -0.1) is 0 Å². The smallest absolute Gasteiger partial charge is 0.326 e. The minimum absolute atomic E-state index is 0.120. The number of carboxylic acids is 1. The summed E-state index contributed by atoms with van der Waals surface area (Å²) in [6.45, 7) is 7.34. The molecule has 0 saturated carbocycles. The maximum Gasteiger partial charge on any atom is 0.326 e. The number of methoxy groups -OCH3 is 2. The Morgan fingerprint density at radius 3 is 2.00 bits per heavy atom. The van der Waals surface area contributed by atoms with Crippen molar-refractivity contribution < 1.29 is 33.6 Å². The van der Waals surface area contributed by atoms with Crippen LogP contribution in [0.1, 0.15) is 50.8 Å². The molecule has 3 aromatic carbocycles. The molecule has 0 aromatic heterocycles. The van der Waals surface area contributed by atoms with Gasteiger partial charge in [0.25, 0.3) is 5.91 Å². The molecule has 8 heteroatoms. The first kappa shape index (κ1) is 31.1. The molecule has 0 bridgehead atoms. The topological polar surface area (TPSA) is 103 Å². The minimum Gasteiger partial charge on any atom is -0.497 e. The van der Waals surface area contributed by atoms with Crippen LogP contribution >= 0.6 is 0 Å². The Bertz CT molecular complexity index is 1330. The quantitative estimate of drug-likeness (QED) is 0.225. The summed E-state index contributed by atoms with van der Waals surface area (Å²) in [5.41, 5.74) is 1.61. The molecule has 218 valence electrons. The molecule has 0 spiro atoms. The van der Waals surface area contributed by atoms with Crippen LogP contribution in [0.4, 0.5) is 0 Å². The summed E-state index contributed by atoms with van der Waals surface area (Å²) in [6.07, 6.45) is 4.33. The Hall–Kier alpha value is -4.46. The molecule has 1 atom stereocenters. The van der Waals surface area contributed by atoms with Crippen molar-refractivity contribution >= 4 is 24.0 Å². The van der Waals surface area contributed by atoms with E-state index in [1.807, 2.05) is 80.6 Å². The average Bonchev–Trinajstić information content (AvgIpc) is 2.95. The van der Waals surface area contributed by atoms with Gasteiger partial charge in [0.2, 0.25) is 0 Å². The molecule has 0 fully saturated rings. The van der Waals surface area contributed by atoms with E-state index in [0.717, 1.165) is 22.4 Å². The van der Waals surface area contributed by atoms with Crippen molar-refractivity contribution in [2.24, 2.45) is 5.92 Å². The zero-order valence-electron chi connectivity index (χ0n) is 24.5. The lowest BCUT2D eigenvalue weighted by molar-refractivity contribution is -0.145. The molecular weight excluding hydrogens is 522 g/mol. The van der Waals surface area contributed by atoms with Gasteiger partial charge in [-0.1, -0.05) is 50.3 Å². The summed E-state index contributed by atoms with van der Waals surface area (Å²) in [5.74, 6) is 1.19. The highest BCUT2D eigenvalue weighted by molar-refractivity contribution is 5.89. The molecule has 0 unspecified atom stereocenters. The van der Waals surface area contributed by atoms with Gasteiger partial charge in [0.05, 0.1) is 14.2 Å². The number of rotatable bonds is 14. The highest BCUT2D eigenvalue weighted by atomic mass is 16.5. The number of carboxylic acid groups (broad SMARTS) is 1. The van der Waals surface area contributed by atoms with E-state index in [-0.39, 0.29) is 5.92 Å². The molecular formula is C33H39NO7. The average molecular weight is 562 g/mol. The number of hydrogen-bond donors (Lipinski definition) is 2. The van der Waals surface area contributed by atoms with Crippen LogP contribution in [0.2, 0.25) is 0 Å². The second kappa shape index (κ2) is 14.3. The van der Waals surface area contributed by atoms with Crippen LogP contribution in [0.15, 0.2) is 66.7 Å². The van der Waals surface area contributed by atoms with Gasteiger partial charge in [-0.05, 0) is 79.3 Å². The number of carbonyl (C=O) groups is 2. The summed E-state index contributed by atoms with van der Waals surface area (Å²) in [7, 11) is 3.25. The standard InChI is InChI=1S/C33H39NO7/c1-22(2)17-30(31(35)36)34-32(37)33(3,4)41-27-15-11-24(12-16-27)21-40-29-19-25(18-28(20-29)39-6)8-7-23-9-13-26(38-5)14-10-23/h7-16,18-20,22,30H,17,21H2,1-6H3,(H,34,37)(H,35,36)/b8-7+/t30-/m0/s1. The van der Waals surface area contributed by atoms with Gasteiger partial charge >= 0.3 is 5.97 Å². The first-order valence-electron chi connectivity index (χ1n) is 13.4. The SMILES string of the molecule is COc1ccc(/C=C/c2cc(OC)cc(OCc3ccc(OC(C)(C)C(=O)N[C@@H](CC(C)C)C(=O)O)cc3)c2)cc1. The number of carbonyl (C=O) groups excluding carboxylic acids is 1. The van der Waals surface area contributed by atoms with E-state index in [0.29, 0.717) is 30.3 Å². The minimum atomic E-state index is -1.26. The molecule has 2 N–H and O–H groups in total. The number of aliphatic carboxylic acids is 1. The van der Waals surface area contributed by atoms with E-state index in [9.17, 15) is 14.7 Å². The Labute approximate surface area is 241 Å². The largest absolute Gasteiger partial charge is 0.497 e. The summed E-state index contributed by atoms with van der Waals surface area (Å²) in [5, 5.41) is 12.0. The molecule has 0 aliphatic heterocycles. The number of ether oxygens (including phenoxy) is 4. The predicted molar refractivity (Wildman–Crippen MR) is 159 cm³/mol. The second-order valence-electron chi connectivity index (χ2n) is 10.6. The second-order valence-corrected chi connectivity index (χ2v) is 10.6. The number of nitrogens with one attached hydrogen (secondary N) is 1. The summed E-state index contributed by atoms with van der Waals surface area (Å²) in [4.78, 5) is 24.3. The van der Waals surface area contributed by atoms with Crippen molar-refractivity contribution in [3.8, 4) is 23.0 Å². The van der Waals surface area contributed by atoms with Gasteiger partial charge in [0.15, 0.2) is 5.60 Å². The summed E-state index contributed by atoms with van der Waals surface area (Å²) < 4.78 is 22.6. The molecule has 0 aliphatic rings. The fourth-order valence-corrected chi connectivity index (χ4v) is 3.98. The summed E-state index contributed by atoms with van der Waals surface area (Å²) >= 11 is 0. The Balaban J connectivity index is 1.61. The number of benzene rings is 3. The first-order valence-corrected chi connectivity index (χ1v) is 13.4. The van der Waals surface area contributed by atoms with Gasteiger partial charge in [-0.2, -0.15) is 0 Å². The maximum atomic E-state index is 12.8. The van der Waals surface area contributed by atoms with Gasteiger partial charge < -0.3 is 29.4 Å². The third kappa shape index (κ3) is 9.60. The molecule has 3 aromatic rings. The highest BCUT2D eigenvalue weighted by Crippen LogP contribution is 2.26. The molecule has 0 aliphatic carbocycles. The lowest BCUT2D eigenvalue weighted by Crippen LogP contribution is -2.52. The molecule has 0 saturated heterocycles. The van der Waals surface area contributed by atoms with E-state index >= 15 is 0 Å². The third-order valence-corrected chi connectivity index (χ3v) is 6.28. The zero-order chi connectivity index (χ0) is 30.0. The van der Waals surface area contributed by atoms with Gasteiger partial charge in [0, 0.05) is 6.07 Å². The predicted octanol–water partition coefficient (Wildman–Crippen LogP) is 6.23. The van der Waals surface area contributed by atoms with Crippen molar-refractivity contribution in [1.82, 2.24) is 5.32 Å². The van der Waals surface area contributed by atoms with Crippen LogP contribution < -0.4 is 24.3 Å². The van der Waals surface area contributed by atoms with Crippen LogP contribution in [0, 0.1) is 5.92 Å². The fraction of sp³-hybridized carbons (Fsp3) is 0.333. The Morgan fingerprint density at radius 1 is 0.829 bits per heavy atom. The number of hydrogen-bond acceptors (Lipinski definition) is 6. The Morgan fingerprint density at radius 2 is 1.41 bits per heavy atom. The van der Waals surface area contributed by atoms with E-state index in [1.54, 1.807) is 40.2 Å². The van der Waals surface area contributed by atoms with Crippen molar-refractivity contribution in [3.63, 3.8) is 0 Å². The summed E-state index contributed by atoms with van der Waals surface area (Å²) in [6, 6.07) is 19.7. The van der Waals surface area contributed by atoms with Crippen molar-refractivity contribution in [1.29, 1.82) is 0 Å². The molecule has 41 heavy (non-hydrogen) atoms. The first-order chi connectivity index (χ1) is 19.5. The lowest BCUT2D eigenvalue weighted by Gasteiger charge is -2.27. The van der Waals surface area contributed by atoms with E-state index in [1.165, 1.54) is 0 Å². The van der Waals surface area contributed by atoms with Crippen molar-refractivity contribution in [2.75, 3.05) is 14.2 Å². The maximum absolute atomic E-state index is 12.8. The van der Waals surface area contributed by atoms with Crippen LogP contribution in [-0.2, 0) is 16.2 Å². The van der Waals surface area contributed by atoms with Gasteiger partial charge in [-0.3, -0.25) is 4.79 Å². The zero-order valence-corrected chi connectivity index (χ0v) is 24.5. The molecule has 3 rings (SSSR count). The number of amides is 1. The molecule has 1 amide bonds. The van der Waals surface area contributed by atoms with Crippen LogP contribution in [0.5, 0.6) is 23.0 Å². The van der Waals surface area contributed by atoms with E-state index in [2.05, 4.69) is 5.32 Å². The van der Waals surface area contributed by atoms with E-state index < -0.39 is 23.5 Å². The van der Waals surface area contributed by atoms with Crippen molar-refractivity contribution in [2.45, 2.75) is 52.4 Å².